The lowest BCUT2D eigenvalue weighted by molar-refractivity contribution is -0.140. The quantitative estimate of drug-likeness (QED) is 0.904. The van der Waals surface area contributed by atoms with E-state index in [1.54, 1.807) is 4.90 Å². The van der Waals surface area contributed by atoms with E-state index in [9.17, 15) is 4.79 Å². The van der Waals surface area contributed by atoms with Gasteiger partial charge >= 0.3 is 0 Å². The van der Waals surface area contributed by atoms with E-state index in [2.05, 4.69) is 5.16 Å². The van der Waals surface area contributed by atoms with Gasteiger partial charge in [0.2, 0.25) is 5.91 Å². The molecule has 2 rings (SSSR count). The minimum atomic E-state index is -0.423. The lowest BCUT2D eigenvalue weighted by Crippen LogP contribution is -2.47. The lowest BCUT2D eigenvalue weighted by Gasteiger charge is -2.32. The molecule has 0 bridgehead atoms. The Balaban J connectivity index is 2.12. The number of hydrogen-bond acceptors (Lipinski definition) is 4. The number of nitrogens with zero attached hydrogens (tertiary/aromatic N) is 2. The van der Waals surface area contributed by atoms with Gasteiger partial charge in [0.1, 0.15) is 5.76 Å². The first-order valence-corrected chi connectivity index (χ1v) is 6.79. The maximum atomic E-state index is 12.6. The first-order valence-electron chi connectivity index (χ1n) is 6.79. The Morgan fingerprint density at radius 3 is 2.74 bits per heavy atom. The molecule has 1 aromatic heterocycles. The van der Waals surface area contributed by atoms with Crippen LogP contribution >= 0.6 is 0 Å². The number of nitrogens with two attached hydrogens (primary N) is 1. The normalized spacial score (nSPS) is 26.7. The fourth-order valence-corrected chi connectivity index (χ4v) is 2.93. The molecule has 0 aliphatic heterocycles. The van der Waals surface area contributed by atoms with Crippen LogP contribution in [0, 0.1) is 19.3 Å². The number of carbonyl (C=O) groups is 1. The highest BCUT2D eigenvalue weighted by atomic mass is 16.5. The van der Waals surface area contributed by atoms with Crippen molar-refractivity contribution in [3.8, 4) is 0 Å². The van der Waals surface area contributed by atoms with Gasteiger partial charge in [0.15, 0.2) is 0 Å². The number of hydrogen-bond donors (Lipinski definition) is 1. The van der Waals surface area contributed by atoms with Crippen molar-refractivity contribution in [3.63, 3.8) is 0 Å². The Labute approximate surface area is 114 Å². The van der Waals surface area contributed by atoms with Crippen LogP contribution in [0.3, 0.4) is 0 Å². The lowest BCUT2D eigenvalue weighted by atomic mass is 9.83. The third-order valence-electron chi connectivity index (χ3n) is 4.44. The minimum Gasteiger partial charge on any atom is -0.361 e. The second-order valence-corrected chi connectivity index (χ2v) is 5.88. The molecule has 0 radical (unpaired) electrons. The largest absolute Gasteiger partial charge is 0.361 e. The predicted octanol–water partition coefficient (Wildman–Crippen LogP) is 1.77. The van der Waals surface area contributed by atoms with Crippen LogP contribution in [0.25, 0.3) is 0 Å². The molecular weight excluding hydrogens is 242 g/mol. The zero-order valence-electron chi connectivity index (χ0n) is 12.2. The van der Waals surface area contributed by atoms with Gasteiger partial charge in [-0.25, -0.2) is 0 Å². The van der Waals surface area contributed by atoms with E-state index in [4.69, 9.17) is 10.3 Å². The zero-order valence-corrected chi connectivity index (χ0v) is 12.2. The number of amides is 1. The van der Waals surface area contributed by atoms with Crippen molar-refractivity contribution in [1.29, 1.82) is 0 Å². The molecule has 1 aliphatic carbocycles. The minimum absolute atomic E-state index is 0.0351. The van der Waals surface area contributed by atoms with Crippen molar-refractivity contribution in [3.05, 3.63) is 17.0 Å². The number of aryl methyl sites for hydroxylation is 2. The SMILES string of the molecule is Cc1noc(C)c1CN(C)C(=O)C1(C)CCCC1N. The Morgan fingerprint density at radius 1 is 1.58 bits per heavy atom. The van der Waals surface area contributed by atoms with Gasteiger partial charge < -0.3 is 15.2 Å². The average Bonchev–Trinajstić information content (AvgIpc) is 2.86. The van der Waals surface area contributed by atoms with Crippen LogP contribution in [0.5, 0.6) is 0 Å². The van der Waals surface area contributed by atoms with E-state index in [-0.39, 0.29) is 11.9 Å². The van der Waals surface area contributed by atoms with E-state index in [0.717, 1.165) is 36.3 Å². The van der Waals surface area contributed by atoms with Gasteiger partial charge in [-0.1, -0.05) is 11.6 Å². The standard InChI is InChI=1S/C14H23N3O2/c1-9-11(10(2)19-16-9)8-17(4)13(18)14(3)7-5-6-12(14)15/h12H,5-8,15H2,1-4H3. The molecule has 0 spiro atoms. The summed E-state index contributed by atoms with van der Waals surface area (Å²) in [6.45, 7) is 6.28. The highest BCUT2D eigenvalue weighted by Gasteiger charge is 2.44. The van der Waals surface area contributed by atoms with E-state index < -0.39 is 5.41 Å². The summed E-state index contributed by atoms with van der Waals surface area (Å²) in [6, 6.07) is -0.0351. The molecule has 2 N–H and O–H groups in total. The number of carbonyl (C=O) groups excluding carboxylic acids is 1. The van der Waals surface area contributed by atoms with Crippen molar-refractivity contribution in [2.75, 3.05) is 7.05 Å². The average molecular weight is 265 g/mol. The zero-order chi connectivity index (χ0) is 14.2. The molecule has 1 aromatic rings. The fourth-order valence-electron chi connectivity index (χ4n) is 2.93. The van der Waals surface area contributed by atoms with Gasteiger partial charge in [0.25, 0.3) is 0 Å². The Bertz CT molecular complexity index is 464. The molecule has 0 aromatic carbocycles. The highest BCUT2D eigenvalue weighted by Crippen LogP contribution is 2.38. The molecule has 2 unspecified atom stereocenters. The molecule has 1 heterocycles. The predicted molar refractivity (Wildman–Crippen MR) is 72.4 cm³/mol. The van der Waals surface area contributed by atoms with Crippen molar-refractivity contribution < 1.29 is 9.32 Å². The molecule has 1 saturated carbocycles. The first-order chi connectivity index (χ1) is 8.86. The summed E-state index contributed by atoms with van der Waals surface area (Å²) in [5.41, 5.74) is 7.52. The molecule has 19 heavy (non-hydrogen) atoms. The maximum absolute atomic E-state index is 12.6. The molecule has 1 fully saturated rings. The smallest absolute Gasteiger partial charge is 0.230 e. The van der Waals surface area contributed by atoms with Gasteiger partial charge in [-0.05, 0) is 33.6 Å². The van der Waals surface area contributed by atoms with Gasteiger partial charge in [0, 0.05) is 18.7 Å². The second kappa shape index (κ2) is 4.96. The summed E-state index contributed by atoms with van der Waals surface area (Å²) < 4.78 is 5.13. The van der Waals surface area contributed by atoms with Crippen LogP contribution in [-0.2, 0) is 11.3 Å². The molecule has 106 valence electrons. The van der Waals surface area contributed by atoms with Crippen molar-refractivity contribution in [1.82, 2.24) is 10.1 Å². The van der Waals surface area contributed by atoms with Crippen molar-refractivity contribution in [2.45, 2.75) is 52.6 Å². The highest BCUT2D eigenvalue weighted by molar-refractivity contribution is 5.83. The van der Waals surface area contributed by atoms with Gasteiger partial charge in [0.05, 0.1) is 17.7 Å². The van der Waals surface area contributed by atoms with Crippen molar-refractivity contribution in [2.24, 2.45) is 11.1 Å². The third-order valence-corrected chi connectivity index (χ3v) is 4.44. The molecule has 1 aliphatic rings. The van der Waals surface area contributed by atoms with Crippen LogP contribution in [0.15, 0.2) is 4.52 Å². The number of rotatable bonds is 3. The molecule has 0 saturated heterocycles. The summed E-state index contributed by atoms with van der Waals surface area (Å²) in [6.07, 6.45) is 2.84. The summed E-state index contributed by atoms with van der Waals surface area (Å²) in [5, 5.41) is 3.92. The molecular formula is C14H23N3O2. The Kier molecular flexibility index (Phi) is 3.67. The molecule has 2 atom stereocenters. The van der Waals surface area contributed by atoms with E-state index in [0.29, 0.717) is 6.54 Å². The van der Waals surface area contributed by atoms with Gasteiger partial charge in [-0.15, -0.1) is 0 Å². The number of aromatic nitrogens is 1. The van der Waals surface area contributed by atoms with E-state index >= 15 is 0 Å². The van der Waals surface area contributed by atoms with Crippen molar-refractivity contribution >= 4 is 5.91 Å². The topological polar surface area (TPSA) is 72.4 Å². The van der Waals surface area contributed by atoms with Crippen LogP contribution in [-0.4, -0.2) is 29.1 Å². The summed E-state index contributed by atoms with van der Waals surface area (Å²) >= 11 is 0. The summed E-state index contributed by atoms with van der Waals surface area (Å²) in [5.74, 6) is 0.899. The second-order valence-electron chi connectivity index (χ2n) is 5.88. The van der Waals surface area contributed by atoms with Crippen LogP contribution in [0.2, 0.25) is 0 Å². The summed E-state index contributed by atoms with van der Waals surface area (Å²) in [7, 11) is 1.82. The van der Waals surface area contributed by atoms with Crippen LogP contribution < -0.4 is 5.73 Å². The van der Waals surface area contributed by atoms with Gasteiger partial charge in [-0.3, -0.25) is 4.79 Å². The van der Waals surface area contributed by atoms with Crippen LogP contribution in [0.1, 0.15) is 43.2 Å². The summed E-state index contributed by atoms with van der Waals surface area (Å²) in [4.78, 5) is 14.4. The van der Waals surface area contributed by atoms with E-state index in [1.807, 2.05) is 27.8 Å². The third kappa shape index (κ3) is 2.39. The Morgan fingerprint density at radius 2 is 2.26 bits per heavy atom. The first kappa shape index (κ1) is 14.1. The fraction of sp³-hybridized carbons (Fsp3) is 0.714. The molecule has 1 amide bonds. The Hall–Kier alpha value is -1.36. The van der Waals surface area contributed by atoms with Crippen LogP contribution in [0.4, 0.5) is 0 Å². The maximum Gasteiger partial charge on any atom is 0.230 e. The monoisotopic (exact) mass is 265 g/mol. The molecule has 5 nitrogen and oxygen atoms in total. The van der Waals surface area contributed by atoms with E-state index in [1.165, 1.54) is 0 Å². The van der Waals surface area contributed by atoms with Gasteiger partial charge in [-0.2, -0.15) is 0 Å². The molecule has 5 heteroatoms.